The Hall–Kier alpha value is -2.87. The summed E-state index contributed by atoms with van der Waals surface area (Å²) in [7, 11) is 1.51. The smallest absolute Gasteiger partial charge is 0.320 e. The summed E-state index contributed by atoms with van der Waals surface area (Å²) in [6, 6.07) is 8.98. The van der Waals surface area contributed by atoms with Gasteiger partial charge in [0.1, 0.15) is 0 Å². The quantitative estimate of drug-likeness (QED) is 0.733. The van der Waals surface area contributed by atoms with E-state index in [0.29, 0.717) is 5.52 Å². The van der Waals surface area contributed by atoms with Gasteiger partial charge in [-0.2, -0.15) is 18.3 Å². The number of anilines is 1. The molecule has 134 valence electrons. The van der Waals surface area contributed by atoms with E-state index in [1.807, 2.05) is 0 Å². The van der Waals surface area contributed by atoms with Crippen molar-refractivity contribution in [1.82, 2.24) is 9.78 Å². The third kappa shape index (κ3) is 3.28. The first kappa shape index (κ1) is 17.9. The number of para-hydroxylation sites is 1. The second kappa shape index (κ2) is 6.45. The van der Waals surface area contributed by atoms with E-state index in [4.69, 9.17) is 11.6 Å². The Kier molecular flexibility index (Phi) is 4.45. The van der Waals surface area contributed by atoms with Crippen LogP contribution in [0.5, 0.6) is 0 Å². The van der Waals surface area contributed by atoms with E-state index < -0.39 is 34.5 Å². The van der Waals surface area contributed by atoms with E-state index in [9.17, 15) is 22.8 Å². The topological polar surface area (TPSA) is 64.0 Å². The first-order valence-electron chi connectivity index (χ1n) is 7.32. The summed E-state index contributed by atoms with van der Waals surface area (Å²) in [5.74, 6) is -1.04. The molecule has 0 aliphatic carbocycles. The molecule has 1 aromatic heterocycles. The maximum atomic E-state index is 13.0. The van der Waals surface area contributed by atoms with Crippen molar-refractivity contribution in [1.29, 1.82) is 0 Å². The minimum atomic E-state index is -4.65. The Morgan fingerprint density at radius 3 is 2.58 bits per heavy atom. The second-order valence-corrected chi connectivity index (χ2v) is 5.90. The molecule has 1 N–H and O–H groups in total. The van der Waals surface area contributed by atoms with Crippen LogP contribution >= 0.6 is 11.6 Å². The summed E-state index contributed by atoms with van der Waals surface area (Å²) in [5, 5.41) is 6.43. The van der Waals surface area contributed by atoms with E-state index in [2.05, 4.69) is 10.4 Å². The minimum Gasteiger partial charge on any atom is -0.320 e. The molecule has 0 fully saturated rings. The molecule has 2 aromatic carbocycles. The minimum absolute atomic E-state index is 0.143. The lowest BCUT2D eigenvalue weighted by molar-refractivity contribution is -0.136. The maximum Gasteiger partial charge on any atom is 0.418 e. The fourth-order valence-corrected chi connectivity index (χ4v) is 2.69. The Morgan fingerprint density at radius 1 is 1.19 bits per heavy atom. The van der Waals surface area contributed by atoms with Gasteiger partial charge >= 0.3 is 6.18 Å². The number of rotatable bonds is 2. The molecule has 5 nitrogen and oxygen atoms in total. The zero-order valence-electron chi connectivity index (χ0n) is 13.3. The predicted molar refractivity (Wildman–Crippen MR) is 91.4 cm³/mol. The zero-order chi connectivity index (χ0) is 19.1. The van der Waals surface area contributed by atoms with E-state index in [0.717, 1.165) is 12.1 Å². The SMILES string of the molecule is Cn1nc(C(=O)Nc2ccccc2C(F)(F)F)c(=O)c2cc(Cl)ccc21. The average Bonchev–Trinajstić information content (AvgIpc) is 2.57. The highest BCUT2D eigenvalue weighted by Gasteiger charge is 2.34. The van der Waals surface area contributed by atoms with Gasteiger partial charge in [-0.3, -0.25) is 14.3 Å². The number of carbonyl (C=O) groups excluding carboxylic acids is 1. The van der Waals surface area contributed by atoms with Gasteiger partial charge in [-0.1, -0.05) is 23.7 Å². The number of alkyl halides is 3. The van der Waals surface area contributed by atoms with Crippen LogP contribution in [-0.2, 0) is 13.2 Å². The van der Waals surface area contributed by atoms with Crippen LogP contribution in [0.3, 0.4) is 0 Å². The molecule has 1 amide bonds. The van der Waals surface area contributed by atoms with Gasteiger partial charge in [-0.15, -0.1) is 0 Å². The summed E-state index contributed by atoms with van der Waals surface area (Å²) < 4.78 is 40.4. The summed E-state index contributed by atoms with van der Waals surface area (Å²) in [4.78, 5) is 24.9. The number of carbonyl (C=O) groups is 1. The van der Waals surface area contributed by atoms with Crippen LogP contribution in [0, 0.1) is 0 Å². The number of hydrogen-bond donors (Lipinski definition) is 1. The highest BCUT2D eigenvalue weighted by atomic mass is 35.5. The number of aryl methyl sites for hydroxylation is 1. The highest BCUT2D eigenvalue weighted by molar-refractivity contribution is 6.31. The van der Waals surface area contributed by atoms with Gasteiger partial charge in [0.15, 0.2) is 5.69 Å². The van der Waals surface area contributed by atoms with E-state index in [-0.39, 0.29) is 10.4 Å². The molecule has 0 aliphatic rings. The number of hydrogen-bond acceptors (Lipinski definition) is 3. The number of amides is 1. The number of benzene rings is 2. The Balaban J connectivity index is 2.08. The molecule has 0 radical (unpaired) electrons. The normalized spacial score (nSPS) is 11.6. The monoisotopic (exact) mass is 381 g/mol. The highest BCUT2D eigenvalue weighted by Crippen LogP contribution is 2.34. The molecule has 0 saturated carbocycles. The molecule has 0 atom stereocenters. The Bertz CT molecular complexity index is 1080. The molecule has 0 unspecified atom stereocenters. The fraction of sp³-hybridized carbons (Fsp3) is 0.118. The lowest BCUT2D eigenvalue weighted by Gasteiger charge is -2.13. The predicted octanol–water partition coefficient (Wildman–Crippen LogP) is 3.86. The molecule has 9 heteroatoms. The first-order chi connectivity index (χ1) is 12.2. The van der Waals surface area contributed by atoms with Crippen LogP contribution in [0.15, 0.2) is 47.3 Å². The van der Waals surface area contributed by atoms with Crippen molar-refractivity contribution < 1.29 is 18.0 Å². The van der Waals surface area contributed by atoms with Crippen molar-refractivity contribution in [3.63, 3.8) is 0 Å². The van der Waals surface area contributed by atoms with Gasteiger partial charge in [0.25, 0.3) is 5.91 Å². The average molecular weight is 382 g/mol. The lowest BCUT2D eigenvalue weighted by Crippen LogP contribution is -2.27. The molecule has 0 saturated heterocycles. The molecular formula is C17H11ClF3N3O2. The molecule has 3 rings (SSSR count). The number of fused-ring (bicyclic) bond motifs is 1. The molecule has 0 spiro atoms. The van der Waals surface area contributed by atoms with Gasteiger partial charge in [-0.05, 0) is 30.3 Å². The van der Waals surface area contributed by atoms with E-state index in [1.54, 1.807) is 12.1 Å². The standard InChI is InChI=1S/C17H11ClF3N3O2/c1-24-13-7-6-9(18)8-10(13)15(25)14(23-24)16(26)22-12-5-3-2-4-11(12)17(19,20)21/h2-8H,1H3,(H,22,26). The summed E-state index contributed by atoms with van der Waals surface area (Å²) in [6.45, 7) is 0. The van der Waals surface area contributed by atoms with Crippen molar-refractivity contribution in [2.75, 3.05) is 5.32 Å². The van der Waals surface area contributed by atoms with Gasteiger partial charge < -0.3 is 5.32 Å². The van der Waals surface area contributed by atoms with Crippen LogP contribution in [0.4, 0.5) is 18.9 Å². The number of nitrogens with zero attached hydrogens (tertiary/aromatic N) is 2. The van der Waals surface area contributed by atoms with E-state index in [1.165, 1.54) is 29.9 Å². The Labute approximate surface area is 150 Å². The molecule has 26 heavy (non-hydrogen) atoms. The molecular weight excluding hydrogens is 371 g/mol. The Morgan fingerprint density at radius 2 is 1.88 bits per heavy atom. The van der Waals surface area contributed by atoms with Crippen LogP contribution in [0.2, 0.25) is 5.02 Å². The first-order valence-corrected chi connectivity index (χ1v) is 7.70. The maximum absolute atomic E-state index is 13.0. The van der Waals surface area contributed by atoms with Crippen molar-refractivity contribution in [2.24, 2.45) is 7.05 Å². The summed E-state index contributed by atoms with van der Waals surface area (Å²) in [5.41, 5.74) is -2.29. The van der Waals surface area contributed by atoms with Gasteiger partial charge in [0.05, 0.1) is 22.2 Å². The third-order valence-corrected chi connectivity index (χ3v) is 3.95. The van der Waals surface area contributed by atoms with Crippen molar-refractivity contribution in [3.8, 4) is 0 Å². The van der Waals surface area contributed by atoms with Gasteiger partial charge in [-0.25, -0.2) is 0 Å². The van der Waals surface area contributed by atoms with Gasteiger partial charge in [0, 0.05) is 12.1 Å². The second-order valence-electron chi connectivity index (χ2n) is 5.46. The molecule has 1 heterocycles. The number of halogens is 4. The fourth-order valence-electron chi connectivity index (χ4n) is 2.52. The summed E-state index contributed by atoms with van der Waals surface area (Å²) in [6.07, 6.45) is -4.65. The van der Waals surface area contributed by atoms with E-state index >= 15 is 0 Å². The van der Waals surface area contributed by atoms with Crippen LogP contribution < -0.4 is 10.7 Å². The molecule has 0 bridgehead atoms. The largest absolute Gasteiger partial charge is 0.418 e. The number of aromatic nitrogens is 2. The van der Waals surface area contributed by atoms with Crippen molar-refractivity contribution in [3.05, 3.63) is 69.0 Å². The van der Waals surface area contributed by atoms with Crippen LogP contribution in [-0.4, -0.2) is 15.7 Å². The van der Waals surface area contributed by atoms with Crippen LogP contribution in [0.1, 0.15) is 16.1 Å². The number of nitrogens with one attached hydrogen (secondary N) is 1. The van der Waals surface area contributed by atoms with Crippen molar-refractivity contribution in [2.45, 2.75) is 6.18 Å². The lowest BCUT2D eigenvalue weighted by atomic mass is 10.1. The van der Waals surface area contributed by atoms with Gasteiger partial charge in [0.2, 0.25) is 5.43 Å². The third-order valence-electron chi connectivity index (χ3n) is 3.71. The van der Waals surface area contributed by atoms with Crippen LogP contribution in [0.25, 0.3) is 10.9 Å². The molecule has 0 aliphatic heterocycles. The van der Waals surface area contributed by atoms with Crippen molar-refractivity contribution >= 4 is 34.1 Å². The summed E-state index contributed by atoms with van der Waals surface area (Å²) >= 11 is 5.88. The zero-order valence-corrected chi connectivity index (χ0v) is 14.0. The molecule has 3 aromatic rings.